The van der Waals surface area contributed by atoms with Crippen molar-refractivity contribution in [2.75, 3.05) is 43.1 Å². The minimum atomic E-state index is 0.593. The maximum absolute atomic E-state index is 5.15. The number of nitrogens with zero attached hydrogens (tertiary/aromatic N) is 5. The predicted octanol–water partition coefficient (Wildman–Crippen LogP) is 1.97. The zero-order valence-electron chi connectivity index (χ0n) is 11.7. The second-order valence-electron chi connectivity index (χ2n) is 4.70. The Morgan fingerprint density at radius 2 is 1.86 bits per heavy atom. The Bertz CT molecular complexity index is 616. The second-order valence-corrected chi connectivity index (χ2v) is 5.56. The first-order chi connectivity index (χ1) is 10.3. The van der Waals surface area contributed by atoms with Crippen LogP contribution in [-0.2, 0) is 0 Å². The summed E-state index contributed by atoms with van der Waals surface area (Å²) in [7, 11) is 1.61. The van der Waals surface area contributed by atoms with Gasteiger partial charge in [-0.25, -0.2) is 15.0 Å². The Labute approximate surface area is 131 Å². The van der Waals surface area contributed by atoms with Crippen LogP contribution < -0.4 is 14.5 Å². The number of ether oxygens (including phenoxy) is 1. The van der Waals surface area contributed by atoms with Crippen molar-refractivity contribution in [2.24, 2.45) is 0 Å². The number of pyridine rings is 1. The molecule has 0 aromatic carbocycles. The molecule has 1 fully saturated rings. The monoisotopic (exact) mass is 349 g/mol. The van der Waals surface area contributed by atoms with Crippen molar-refractivity contribution in [3.8, 4) is 5.88 Å². The Hall–Kier alpha value is -1.89. The number of halogens is 1. The molecule has 0 saturated carbocycles. The SMILES string of the molecule is COc1cc(N2CCN(c3ncccc3Br)CC2)ncn1. The van der Waals surface area contributed by atoms with E-state index in [4.69, 9.17) is 4.74 Å². The number of hydrogen-bond acceptors (Lipinski definition) is 6. The van der Waals surface area contributed by atoms with Gasteiger partial charge in [-0.2, -0.15) is 0 Å². The number of piperazine rings is 1. The lowest BCUT2D eigenvalue weighted by atomic mass is 10.3. The van der Waals surface area contributed by atoms with Crippen LogP contribution in [-0.4, -0.2) is 48.2 Å². The van der Waals surface area contributed by atoms with Crippen molar-refractivity contribution in [1.29, 1.82) is 0 Å². The first-order valence-corrected chi connectivity index (χ1v) is 7.53. The summed E-state index contributed by atoms with van der Waals surface area (Å²) in [5.74, 6) is 2.49. The third kappa shape index (κ3) is 3.07. The topological polar surface area (TPSA) is 54.4 Å². The van der Waals surface area contributed by atoms with Gasteiger partial charge in [0.25, 0.3) is 0 Å². The van der Waals surface area contributed by atoms with Crippen LogP contribution >= 0.6 is 15.9 Å². The molecule has 0 N–H and O–H groups in total. The van der Waals surface area contributed by atoms with Crippen LogP contribution in [0, 0.1) is 0 Å². The Morgan fingerprint density at radius 3 is 2.57 bits per heavy atom. The Balaban J connectivity index is 1.69. The highest BCUT2D eigenvalue weighted by molar-refractivity contribution is 9.10. The number of aromatic nitrogens is 3. The van der Waals surface area contributed by atoms with Gasteiger partial charge in [0.05, 0.1) is 11.6 Å². The summed E-state index contributed by atoms with van der Waals surface area (Å²) in [5.41, 5.74) is 0. The maximum Gasteiger partial charge on any atom is 0.218 e. The fourth-order valence-corrected chi connectivity index (χ4v) is 2.88. The van der Waals surface area contributed by atoms with E-state index in [2.05, 4.69) is 40.7 Å². The van der Waals surface area contributed by atoms with Gasteiger partial charge in [-0.05, 0) is 28.1 Å². The average molecular weight is 350 g/mol. The molecule has 1 aliphatic heterocycles. The third-order valence-electron chi connectivity index (χ3n) is 3.48. The van der Waals surface area contributed by atoms with Crippen molar-refractivity contribution in [2.45, 2.75) is 0 Å². The fourth-order valence-electron chi connectivity index (χ4n) is 2.37. The molecule has 3 heterocycles. The molecule has 0 atom stereocenters. The minimum Gasteiger partial charge on any atom is -0.481 e. The molecule has 0 spiro atoms. The summed E-state index contributed by atoms with van der Waals surface area (Å²) in [4.78, 5) is 17.3. The van der Waals surface area contributed by atoms with Gasteiger partial charge in [-0.1, -0.05) is 0 Å². The number of anilines is 2. The van der Waals surface area contributed by atoms with E-state index in [1.807, 2.05) is 24.4 Å². The molecule has 2 aromatic heterocycles. The van der Waals surface area contributed by atoms with E-state index in [0.717, 1.165) is 42.3 Å². The summed E-state index contributed by atoms with van der Waals surface area (Å²) in [6, 6.07) is 5.81. The lowest BCUT2D eigenvalue weighted by Gasteiger charge is -2.36. The molecular weight excluding hydrogens is 334 g/mol. The van der Waals surface area contributed by atoms with Crippen molar-refractivity contribution in [1.82, 2.24) is 15.0 Å². The molecule has 0 unspecified atom stereocenters. The van der Waals surface area contributed by atoms with E-state index in [1.165, 1.54) is 6.33 Å². The van der Waals surface area contributed by atoms with Crippen molar-refractivity contribution in [3.63, 3.8) is 0 Å². The smallest absolute Gasteiger partial charge is 0.218 e. The summed E-state index contributed by atoms with van der Waals surface area (Å²) < 4.78 is 6.18. The van der Waals surface area contributed by atoms with E-state index in [9.17, 15) is 0 Å². The standard InChI is InChI=1S/C14H16BrN5O/c1-21-13-9-12(17-10-18-13)19-5-7-20(8-6-19)14-11(15)3-2-4-16-14/h2-4,9-10H,5-8H2,1H3. The summed E-state index contributed by atoms with van der Waals surface area (Å²) in [6.45, 7) is 3.59. The molecule has 21 heavy (non-hydrogen) atoms. The van der Waals surface area contributed by atoms with Gasteiger partial charge in [-0.3, -0.25) is 0 Å². The molecule has 1 saturated heterocycles. The fraction of sp³-hybridized carbons (Fsp3) is 0.357. The number of rotatable bonds is 3. The van der Waals surface area contributed by atoms with Gasteiger partial charge in [0.2, 0.25) is 5.88 Å². The highest BCUT2D eigenvalue weighted by Crippen LogP contribution is 2.25. The van der Waals surface area contributed by atoms with Crippen LogP contribution in [0.25, 0.3) is 0 Å². The molecular formula is C14H16BrN5O. The highest BCUT2D eigenvalue weighted by Gasteiger charge is 2.20. The second kappa shape index (κ2) is 6.26. The van der Waals surface area contributed by atoms with Crippen molar-refractivity contribution < 1.29 is 4.74 Å². The first-order valence-electron chi connectivity index (χ1n) is 6.74. The molecule has 0 bridgehead atoms. The van der Waals surface area contributed by atoms with Crippen molar-refractivity contribution in [3.05, 3.63) is 35.2 Å². The zero-order chi connectivity index (χ0) is 14.7. The van der Waals surface area contributed by atoms with Crippen LogP contribution in [0.5, 0.6) is 5.88 Å². The van der Waals surface area contributed by atoms with E-state index >= 15 is 0 Å². The average Bonchev–Trinajstić information content (AvgIpc) is 2.56. The predicted molar refractivity (Wildman–Crippen MR) is 84.9 cm³/mol. The molecule has 2 aromatic rings. The lowest BCUT2D eigenvalue weighted by Crippen LogP contribution is -2.47. The van der Waals surface area contributed by atoms with Gasteiger partial charge in [0.1, 0.15) is 18.0 Å². The number of methoxy groups -OCH3 is 1. The van der Waals surface area contributed by atoms with Crippen LogP contribution in [0.15, 0.2) is 35.2 Å². The van der Waals surface area contributed by atoms with Gasteiger partial charge < -0.3 is 14.5 Å². The van der Waals surface area contributed by atoms with Crippen molar-refractivity contribution >= 4 is 27.6 Å². The molecule has 6 nitrogen and oxygen atoms in total. The van der Waals surface area contributed by atoms with E-state index in [0.29, 0.717) is 5.88 Å². The highest BCUT2D eigenvalue weighted by atomic mass is 79.9. The molecule has 110 valence electrons. The first kappa shape index (κ1) is 14.1. The summed E-state index contributed by atoms with van der Waals surface area (Å²) >= 11 is 3.56. The summed E-state index contributed by atoms with van der Waals surface area (Å²) in [5, 5.41) is 0. The van der Waals surface area contributed by atoms with Crippen LogP contribution in [0.2, 0.25) is 0 Å². The normalized spacial score (nSPS) is 15.1. The number of hydrogen-bond donors (Lipinski definition) is 0. The van der Waals surface area contributed by atoms with Gasteiger partial charge in [0.15, 0.2) is 0 Å². The van der Waals surface area contributed by atoms with E-state index in [-0.39, 0.29) is 0 Å². The lowest BCUT2D eigenvalue weighted by molar-refractivity contribution is 0.396. The van der Waals surface area contributed by atoms with E-state index < -0.39 is 0 Å². The Kier molecular flexibility index (Phi) is 4.19. The van der Waals surface area contributed by atoms with Gasteiger partial charge in [-0.15, -0.1) is 0 Å². The minimum absolute atomic E-state index is 0.593. The molecule has 7 heteroatoms. The Morgan fingerprint density at radius 1 is 1.10 bits per heavy atom. The largest absolute Gasteiger partial charge is 0.481 e. The quantitative estimate of drug-likeness (QED) is 0.844. The van der Waals surface area contributed by atoms with Gasteiger partial charge >= 0.3 is 0 Å². The zero-order valence-corrected chi connectivity index (χ0v) is 13.3. The molecule has 3 rings (SSSR count). The molecule has 0 radical (unpaired) electrons. The maximum atomic E-state index is 5.15. The molecule has 0 amide bonds. The molecule has 0 aliphatic carbocycles. The van der Waals surface area contributed by atoms with Gasteiger partial charge in [0, 0.05) is 38.4 Å². The molecule has 1 aliphatic rings. The van der Waals surface area contributed by atoms with E-state index in [1.54, 1.807) is 7.11 Å². The van der Waals surface area contributed by atoms with Crippen LogP contribution in [0.3, 0.4) is 0 Å². The third-order valence-corrected chi connectivity index (χ3v) is 4.10. The van der Waals surface area contributed by atoms with Crippen LogP contribution in [0.4, 0.5) is 11.6 Å². The summed E-state index contributed by atoms with van der Waals surface area (Å²) in [6.07, 6.45) is 3.36. The van der Waals surface area contributed by atoms with Crippen LogP contribution in [0.1, 0.15) is 0 Å².